The van der Waals surface area contributed by atoms with Crippen molar-refractivity contribution in [2.45, 2.75) is 40.2 Å². The van der Waals surface area contributed by atoms with Gasteiger partial charge in [-0.15, -0.1) is 4.79 Å². The molecule has 0 aromatic heterocycles. The van der Waals surface area contributed by atoms with Gasteiger partial charge in [-0.05, 0) is 34.6 Å². The van der Waals surface area contributed by atoms with Crippen molar-refractivity contribution >= 4 is 19.0 Å². The van der Waals surface area contributed by atoms with Crippen molar-refractivity contribution in [3.63, 3.8) is 0 Å². The van der Waals surface area contributed by atoms with E-state index in [4.69, 9.17) is 19.3 Å². The third-order valence-electron chi connectivity index (χ3n) is 1.53. The molecule has 0 aromatic rings. The number of rotatable bonds is 6. The number of esters is 1. The lowest BCUT2D eigenvalue weighted by Crippen LogP contribution is -2.30. The summed E-state index contributed by atoms with van der Waals surface area (Å²) in [7, 11) is -3.95. The molecule has 0 unspecified atom stereocenters. The fraction of sp³-hybridized carbons (Fsp3) is 0.800. The second-order valence-corrected chi connectivity index (χ2v) is 6.19. The first kappa shape index (κ1) is 17.0. The number of nitrogens with zero attached hydrogens (tertiary/aromatic N) is 2. The molecule has 0 bridgehead atoms. The molecule has 0 saturated heterocycles. The van der Waals surface area contributed by atoms with Crippen LogP contribution in [0.5, 0.6) is 0 Å². The van der Waals surface area contributed by atoms with Crippen molar-refractivity contribution in [2.24, 2.45) is 0 Å². The maximum absolute atomic E-state index is 12.2. The minimum atomic E-state index is -3.95. The molecule has 0 aliphatic heterocycles. The van der Waals surface area contributed by atoms with Crippen LogP contribution < -0.4 is 0 Å². The van der Waals surface area contributed by atoms with E-state index in [9.17, 15) is 9.36 Å². The lowest BCUT2D eigenvalue weighted by molar-refractivity contribution is -0.150. The summed E-state index contributed by atoms with van der Waals surface area (Å²) < 4.78 is 27.0. The van der Waals surface area contributed by atoms with Gasteiger partial charge < -0.3 is 19.3 Å². The number of carbonyl (C=O) groups excluding carboxylic acids is 1. The molecule has 0 fully saturated rings. The minimum Gasteiger partial charge on any atom is -0.451 e. The maximum atomic E-state index is 12.2. The highest BCUT2D eigenvalue weighted by molar-refractivity contribution is 7.74. The van der Waals surface area contributed by atoms with Crippen LogP contribution in [0.4, 0.5) is 0 Å². The van der Waals surface area contributed by atoms with E-state index in [0.29, 0.717) is 0 Å². The molecule has 104 valence electrons. The van der Waals surface area contributed by atoms with Gasteiger partial charge in [-0.1, -0.05) is 0 Å². The van der Waals surface area contributed by atoms with Crippen molar-refractivity contribution in [1.29, 1.82) is 0 Å². The third kappa shape index (κ3) is 5.10. The van der Waals surface area contributed by atoms with Gasteiger partial charge in [0.05, 0.1) is 13.2 Å². The molecule has 0 atom stereocenters. The highest BCUT2D eigenvalue weighted by Crippen LogP contribution is 2.49. The Balaban J connectivity index is 5.23. The van der Waals surface area contributed by atoms with Crippen LogP contribution in [-0.2, 0) is 23.1 Å². The average Bonchev–Trinajstić information content (AvgIpc) is 2.15. The van der Waals surface area contributed by atoms with Gasteiger partial charge >= 0.3 is 19.0 Å². The Bertz CT molecular complexity index is 386. The lowest BCUT2D eigenvalue weighted by atomic mass is 10.2. The smallest absolute Gasteiger partial charge is 0.451 e. The Morgan fingerprint density at radius 1 is 1.22 bits per heavy atom. The van der Waals surface area contributed by atoms with E-state index >= 15 is 0 Å². The Hall–Kier alpha value is -1.00. The fourth-order valence-electron chi connectivity index (χ4n) is 1.03. The molecule has 0 aliphatic carbocycles. The van der Waals surface area contributed by atoms with Gasteiger partial charge in [-0.3, -0.25) is 0 Å². The highest BCUT2D eigenvalue weighted by Gasteiger charge is 2.48. The number of ether oxygens (including phenoxy) is 1. The number of hydrogen-bond donors (Lipinski definition) is 0. The van der Waals surface area contributed by atoms with Gasteiger partial charge in [0.2, 0.25) is 0 Å². The van der Waals surface area contributed by atoms with E-state index < -0.39 is 24.6 Å². The van der Waals surface area contributed by atoms with Gasteiger partial charge in [0.25, 0.3) is 0 Å². The van der Waals surface area contributed by atoms with E-state index in [-0.39, 0.29) is 13.2 Å². The zero-order chi connectivity index (χ0) is 14.4. The molecular weight excluding hydrogens is 259 g/mol. The highest BCUT2D eigenvalue weighted by atomic mass is 31.2. The molecule has 7 nitrogen and oxygen atoms in total. The van der Waals surface area contributed by atoms with Gasteiger partial charge in [-0.2, -0.15) is 0 Å². The second kappa shape index (κ2) is 6.81. The quantitative estimate of drug-likeness (QED) is 0.244. The zero-order valence-electron chi connectivity index (χ0n) is 11.3. The molecule has 0 rings (SSSR count). The first-order valence-corrected chi connectivity index (χ1v) is 7.09. The predicted octanol–water partition coefficient (Wildman–Crippen LogP) is 2.22. The first-order valence-electron chi connectivity index (χ1n) is 5.55. The normalized spacial score (nSPS) is 11.8. The van der Waals surface area contributed by atoms with Crippen LogP contribution in [0.1, 0.15) is 34.6 Å². The Morgan fingerprint density at radius 3 is 1.94 bits per heavy atom. The van der Waals surface area contributed by atoms with E-state index in [1.54, 1.807) is 34.6 Å². The van der Waals surface area contributed by atoms with Crippen LogP contribution in [0, 0.1) is 0 Å². The van der Waals surface area contributed by atoms with Crippen molar-refractivity contribution in [2.75, 3.05) is 13.2 Å². The molecule has 0 N–H and O–H groups in total. The topological polar surface area (TPSA) is 98.2 Å². The monoisotopic (exact) mass is 278 g/mol. The largest absolute Gasteiger partial charge is 0.484 e. The van der Waals surface area contributed by atoms with E-state index in [2.05, 4.69) is 4.79 Å². The van der Waals surface area contributed by atoms with Crippen LogP contribution in [0.15, 0.2) is 0 Å². The SMILES string of the molecule is CCOP(=O)(OCC)C(=[N+]=[N-])C(=O)OC(C)(C)C. The van der Waals surface area contributed by atoms with Crippen LogP contribution in [0.25, 0.3) is 5.53 Å². The van der Waals surface area contributed by atoms with Crippen molar-refractivity contribution in [3.8, 4) is 0 Å². The zero-order valence-corrected chi connectivity index (χ0v) is 12.2. The molecule has 8 heteroatoms. The summed E-state index contributed by atoms with van der Waals surface area (Å²) in [5.41, 5.74) is 7.28. The summed E-state index contributed by atoms with van der Waals surface area (Å²) in [4.78, 5) is 14.5. The molecule has 0 spiro atoms. The molecule has 18 heavy (non-hydrogen) atoms. The van der Waals surface area contributed by atoms with Crippen molar-refractivity contribution < 1.29 is 27.9 Å². The summed E-state index contributed by atoms with van der Waals surface area (Å²) >= 11 is 0. The van der Waals surface area contributed by atoms with Gasteiger partial charge in [0.15, 0.2) is 0 Å². The number of hydrogen-bond acceptors (Lipinski definition) is 5. The fourth-order valence-corrected chi connectivity index (χ4v) is 2.41. The van der Waals surface area contributed by atoms with Crippen molar-refractivity contribution in [3.05, 3.63) is 5.53 Å². The molecular formula is C10H19N2O5P. The van der Waals surface area contributed by atoms with Gasteiger partial charge in [0, 0.05) is 0 Å². The standard InChI is InChI=1S/C10H19N2O5P/c1-6-15-18(14,16-7-2)8(12-11)9(13)17-10(3,4)5/h6-7H2,1-5H3. The molecule has 0 radical (unpaired) electrons. The van der Waals surface area contributed by atoms with E-state index in [1.165, 1.54) is 0 Å². The summed E-state index contributed by atoms with van der Waals surface area (Å²) in [6.45, 7) is 8.13. The van der Waals surface area contributed by atoms with Gasteiger partial charge in [0.1, 0.15) is 5.60 Å². The Morgan fingerprint density at radius 2 is 1.67 bits per heavy atom. The molecule has 0 heterocycles. The van der Waals surface area contributed by atoms with Crippen LogP contribution in [0.3, 0.4) is 0 Å². The lowest BCUT2D eigenvalue weighted by Gasteiger charge is -2.19. The van der Waals surface area contributed by atoms with Crippen LogP contribution in [0.2, 0.25) is 0 Å². The van der Waals surface area contributed by atoms with Crippen LogP contribution >= 0.6 is 7.60 Å². The maximum Gasteiger partial charge on any atom is 0.484 e. The summed E-state index contributed by atoms with van der Waals surface area (Å²) in [6.07, 6.45) is 0. The van der Waals surface area contributed by atoms with Gasteiger partial charge in [-0.25, -0.2) is 9.36 Å². The third-order valence-corrected chi connectivity index (χ3v) is 3.52. The minimum absolute atomic E-state index is 0.0408. The summed E-state index contributed by atoms with van der Waals surface area (Å²) in [5.74, 6) is -1.03. The molecule has 0 amide bonds. The Labute approximate surface area is 107 Å². The van der Waals surface area contributed by atoms with Crippen LogP contribution in [-0.4, -0.2) is 35.0 Å². The predicted molar refractivity (Wildman–Crippen MR) is 65.3 cm³/mol. The van der Waals surface area contributed by atoms with Crippen molar-refractivity contribution in [1.82, 2.24) is 0 Å². The Kier molecular flexibility index (Phi) is 6.43. The average molecular weight is 278 g/mol. The second-order valence-electron chi connectivity index (χ2n) is 4.26. The van der Waals surface area contributed by atoms with E-state index in [0.717, 1.165) is 0 Å². The molecule has 0 saturated carbocycles. The summed E-state index contributed by atoms with van der Waals surface area (Å²) in [6, 6.07) is 0. The molecule has 0 aliphatic rings. The van der Waals surface area contributed by atoms with E-state index in [1.807, 2.05) is 0 Å². The number of carbonyl (C=O) groups is 1. The molecule has 0 aromatic carbocycles. The summed E-state index contributed by atoms with van der Waals surface area (Å²) in [5, 5.41) is 0. The first-order chi connectivity index (χ1) is 8.20.